The number of hydrogen-bond acceptors (Lipinski definition) is 6. The highest BCUT2D eigenvalue weighted by molar-refractivity contribution is 6.29. The molecule has 1 aromatic carbocycles. The molecular weight excluding hydrogens is 386 g/mol. The van der Waals surface area contributed by atoms with Gasteiger partial charge in [-0.1, -0.05) is 35.9 Å². The maximum atomic E-state index is 8.88. The van der Waals surface area contributed by atoms with Crippen LogP contribution in [0.3, 0.4) is 0 Å². The summed E-state index contributed by atoms with van der Waals surface area (Å²) in [5, 5.41) is 12.5. The molecule has 3 aromatic rings. The SMILES string of the molecule is OCCCNc1ccc(-c2nc(Cl)cc(N3CCc4ccccc4CC3)n2)nc1. The Bertz CT molecular complexity index is 937. The predicted molar refractivity (Wildman–Crippen MR) is 117 cm³/mol. The van der Waals surface area contributed by atoms with Gasteiger partial charge >= 0.3 is 0 Å². The first-order valence-corrected chi connectivity index (χ1v) is 10.3. The van der Waals surface area contributed by atoms with Crippen molar-refractivity contribution in [3.8, 4) is 11.5 Å². The van der Waals surface area contributed by atoms with Gasteiger partial charge < -0.3 is 15.3 Å². The van der Waals surface area contributed by atoms with Crippen molar-refractivity contribution in [2.24, 2.45) is 0 Å². The normalized spacial score (nSPS) is 13.7. The van der Waals surface area contributed by atoms with Gasteiger partial charge in [0.1, 0.15) is 16.7 Å². The zero-order valence-electron chi connectivity index (χ0n) is 16.2. The summed E-state index contributed by atoms with van der Waals surface area (Å²) in [6, 6.07) is 14.3. The number of anilines is 2. The van der Waals surface area contributed by atoms with E-state index in [-0.39, 0.29) is 6.61 Å². The molecule has 29 heavy (non-hydrogen) atoms. The number of pyridine rings is 1. The topological polar surface area (TPSA) is 74.2 Å². The van der Waals surface area contributed by atoms with Crippen LogP contribution in [0.25, 0.3) is 11.5 Å². The maximum absolute atomic E-state index is 8.88. The second kappa shape index (κ2) is 9.20. The number of nitrogens with one attached hydrogen (secondary N) is 1. The van der Waals surface area contributed by atoms with Crippen LogP contribution < -0.4 is 10.2 Å². The standard InChI is InChI=1S/C22H24ClN5O/c23-20-14-21(28-11-8-16-4-1-2-5-17(16)9-12-28)27-22(26-20)19-7-6-18(15-25-19)24-10-3-13-29/h1-2,4-7,14-15,24,29H,3,8-13H2. The first kappa shape index (κ1) is 19.6. The zero-order chi connectivity index (χ0) is 20.1. The third kappa shape index (κ3) is 4.83. The lowest BCUT2D eigenvalue weighted by Crippen LogP contribution is -2.27. The number of aromatic nitrogens is 3. The fourth-order valence-corrected chi connectivity index (χ4v) is 3.70. The third-order valence-electron chi connectivity index (χ3n) is 5.08. The zero-order valence-corrected chi connectivity index (χ0v) is 16.9. The molecule has 0 amide bonds. The van der Waals surface area contributed by atoms with Crippen LogP contribution in [0.2, 0.25) is 5.15 Å². The van der Waals surface area contributed by atoms with Crippen molar-refractivity contribution in [1.82, 2.24) is 15.0 Å². The number of benzene rings is 1. The van der Waals surface area contributed by atoms with Crippen LogP contribution in [0, 0.1) is 0 Å². The van der Waals surface area contributed by atoms with Crippen molar-refractivity contribution in [3.05, 3.63) is 64.9 Å². The van der Waals surface area contributed by atoms with E-state index in [1.165, 1.54) is 11.1 Å². The fraction of sp³-hybridized carbons (Fsp3) is 0.318. The van der Waals surface area contributed by atoms with E-state index in [0.717, 1.165) is 37.4 Å². The smallest absolute Gasteiger partial charge is 0.181 e. The monoisotopic (exact) mass is 409 g/mol. The van der Waals surface area contributed by atoms with E-state index in [4.69, 9.17) is 21.7 Å². The number of fused-ring (bicyclic) bond motifs is 1. The maximum Gasteiger partial charge on any atom is 0.181 e. The lowest BCUT2D eigenvalue weighted by Gasteiger charge is -2.22. The molecule has 2 N–H and O–H groups in total. The molecular formula is C22H24ClN5O. The van der Waals surface area contributed by atoms with E-state index in [1.54, 1.807) is 6.20 Å². The van der Waals surface area contributed by atoms with E-state index in [1.807, 2.05) is 18.2 Å². The van der Waals surface area contributed by atoms with Crippen molar-refractivity contribution in [1.29, 1.82) is 0 Å². The molecule has 3 heterocycles. The van der Waals surface area contributed by atoms with Gasteiger partial charge in [0.25, 0.3) is 0 Å². The Morgan fingerprint density at radius 1 is 1.03 bits per heavy atom. The highest BCUT2D eigenvalue weighted by Gasteiger charge is 2.17. The number of nitrogens with zero attached hydrogens (tertiary/aromatic N) is 4. The largest absolute Gasteiger partial charge is 0.396 e. The molecule has 4 rings (SSSR count). The van der Waals surface area contributed by atoms with Crippen LogP contribution in [0.5, 0.6) is 0 Å². The Labute approximate surface area is 175 Å². The van der Waals surface area contributed by atoms with Crippen LogP contribution in [0.1, 0.15) is 17.5 Å². The summed E-state index contributed by atoms with van der Waals surface area (Å²) >= 11 is 6.32. The second-order valence-electron chi connectivity index (χ2n) is 7.06. The van der Waals surface area contributed by atoms with Gasteiger partial charge in [0.2, 0.25) is 0 Å². The summed E-state index contributed by atoms with van der Waals surface area (Å²) in [5.41, 5.74) is 4.39. The quantitative estimate of drug-likeness (QED) is 0.478. The summed E-state index contributed by atoms with van der Waals surface area (Å²) in [7, 11) is 0. The average molecular weight is 410 g/mol. The molecule has 0 saturated heterocycles. The summed E-state index contributed by atoms with van der Waals surface area (Å²) in [6.45, 7) is 2.65. The van der Waals surface area contributed by atoms with Gasteiger partial charge in [-0.15, -0.1) is 0 Å². The van der Waals surface area contributed by atoms with Crippen molar-refractivity contribution < 1.29 is 5.11 Å². The number of halogens is 1. The van der Waals surface area contributed by atoms with Crippen molar-refractivity contribution in [3.63, 3.8) is 0 Å². The van der Waals surface area contributed by atoms with Gasteiger partial charge in [-0.2, -0.15) is 0 Å². The molecule has 150 valence electrons. The highest BCUT2D eigenvalue weighted by atomic mass is 35.5. The van der Waals surface area contributed by atoms with E-state index in [9.17, 15) is 0 Å². The summed E-state index contributed by atoms with van der Waals surface area (Å²) in [5.74, 6) is 1.36. The summed E-state index contributed by atoms with van der Waals surface area (Å²) in [6.07, 6.45) is 4.42. The number of aliphatic hydroxyl groups is 1. The molecule has 0 aliphatic carbocycles. The molecule has 0 fully saturated rings. The van der Waals surface area contributed by atoms with Crippen LogP contribution in [0.4, 0.5) is 11.5 Å². The summed E-state index contributed by atoms with van der Waals surface area (Å²) < 4.78 is 0. The minimum atomic E-state index is 0.166. The van der Waals surface area contributed by atoms with Gasteiger partial charge in [0, 0.05) is 32.3 Å². The molecule has 2 aromatic heterocycles. The number of aliphatic hydroxyl groups excluding tert-OH is 1. The lowest BCUT2D eigenvalue weighted by molar-refractivity contribution is 0.292. The Balaban J connectivity index is 1.52. The molecule has 0 saturated carbocycles. The minimum absolute atomic E-state index is 0.166. The Hall–Kier alpha value is -2.70. The molecule has 0 unspecified atom stereocenters. The van der Waals surface area contributed by atoms with Gasteiger partial charge in [-0.25, -0.2) is 9.97 Å². The third-order valence-corrected chi connectivity index (χ3v) is 5.28. The molecule has 0 bridgehead atoms. The Kier molecular flexibility index (Phi) is 6.22. The van der Waals surface area contributed by atoms with Gasteiger partial charge in [-0.05, 0) is 42.5 Å². The summed E-state index contributed by atoms with van der Waals surface area (Å²) in [4.78, 5) is 15.9. The minimum Gasteiger partial charge on any atom is -0.396 e. The van der Waals surface area contributed by atoms with Crippen LogP contribution >= 0.6 is 11.6 Å². The molecule has 7 heteroatoms. The number of rotatable bonds is 6. The van der Waals surface area contributed by atoms with E-state index >= 15 is 0 Å². The molecule has 1 aliphatic rings. The average Bonchev–Trinajstić information content (AvgIpc) is 2.97. The Morgan fingerprint density at radius 3 is 2.45 bits per heavy atom. The second-order valence-corrected chi connectivity index (χ2v) is 7.45. The fourth-order valence-electron chi connectivity index (χ4n) is 3.52. The first-order valence-electron chi connectivity index (χ1n) is 9.90. The van der Waals surface area contributed by atoms with Crippen molar-refractivity contribution in [2.45, 2.75) is 19.3 Å². The van der Waals surface area contributed by atoms with Crippen molar-refractivity contribution >= 4 is 23.1 Å². The van der Waals surface area contributed by atoms with Crippen LogP contribution in [-0.2, 0) is 12.8 Å². The molecule has 1 aliphatic heterocycles. The van der Waals surface area contributed by atoms with Gasteiger partial charge in [-0.3, -0.25) is 4.98 Å². The van der Waals surface area contributed by atoms with Gasteiger partial charge in [0.15, 0.2) is 5.82 Å². The first-order chi connectivity index (χ1) is 14.2. The van der Waals surface area contributed by atoms with E-state index in [2.05, 4.69) is 44.5 Å². The van der Waals surface area contributed by atoms with Crippen LogP contribution in [0.15, 0.2) is 48.7 Å². The molecule has 0 radical (unpaired) electrons. The number of hydrogen-bond donors (Lipinski definition) is 2. The molecule has 6 nitrogen and oxygen atoms in total. The Morgan fingerprint density at radius 2 is 1.79 bits per heavy atom. The van der Waals surface area contributed by atoms with Crippen molar-refractivity contribution in [2.75, 3.05) is 36.5 Å². The van der Waals surface area contributed by atoms with E-state index in [0.29, 0.717) is 29.6 Å². The highest BCUT2D eigenvalue weighted by Crippen LogP contribution is 2.24. The molecule has 0 atom stereocenters. The van der Waals surface area contributed by atoms with Crippen LogP contribution in [-0.4, -0.2) is 46.3 Å². The molecule has 0 spiro atoms. The van der Waals surface area contributed by atoms with E-state index < -0.39 is 0 Å². The predicted octanol–water partition coefficient (Wildman–Crippen LogP) is 3.59. The lowest BCUT2D eigenvalue weighted by atomic mass is 10.0. The van der Waals surface area contributed by atoms with Gasteiger partial charge in [0.05, 0.1) is 11.9 Å².